The predicted molar refractivity (Wildman–Crippen MR) is 70.7 cm³/mol. The number of primary amides is 1. The summed E-state index contributed by atoms with van der Waals surface area (Å²) in [6.07, 6.45) is 1.10. The number of hydrogen-bond donors (Lipinski definition) is 2. The Kier molecular flexibility index (Phi) is 4.70. The molecule has 0 saturated carbocycles. The quantitative estimate of drug-likeness (QED) is 0.768. The normalized spacial score (nSPS) is 11.5. The van der Waals surface area contributed by atoms with Crippen LogP contribution in [0.1, 0.15) is 43.1 Å². The molecule has 1 amide bonds. The van der Waals surface area contributed by atoms with Gasteiger partial charge in [-0.3, -0.25) is 4.79 Å². The number of carbonyl (C=O) groups is 1. The molecule has 0 fully saturated rings. The maximum atomic E-state index is 11.2. The molecular formula is C14H22N2O. The Bertz CT molecular complexity index is 380. The number of nitrogens with two attached hydrogens (primary N) is 1. The highest BCUT2D eigenvalue weighted by Crippen LogP contribution is 2.17. The van der Waals surface area contributed by atoms with Crippen molar-refractivity contribution in [2.75, 3.05) is 6.54 Å². The Morgan fingerprint density at radius 2 is 1.94 bits per heavy atom. The second-order valence-electron chi connectivity index (χ2n) is 5.51. The number of carbonyl (C=O) groups excluding carboxylic acids is 1. The van der Waals surface area contributed by atoms with Crippen LogP contribution >= 0.6 is 0 Å². The number of nitrogens with one attached hydrogen (secondary N) is 1. The lowest BCUT2D eigenvalue weighted by atomic mass is 9.92. The Hall–Kier alpha value is -1.35. The van der Waals surface area contributed by atoms with Crippen LogP contribution < -0.4 is 11.1 Å². The van der Waals surface area contributed by atoms with Gasteiger partial charge < -0.3 is 11.1 Å². The zero-order chi connectivity index (χ0) is 12.9. The van der Waals surface area contributed by atoms with Crippen LogP contribution in [-0.2, 0) is 6.54 Å². The summed E-state index contributed by atoms with van der Waals surface area (Å²) in [5.74, 6) is -0.363. The SMILES string of the molecule is CC(C)(C)CCNCc1ccccc1C(N)=O. The number of hydrogen-bond acceptors (Lipinski definition) is 2. The van der Waals surface area contributed by atoms with Crippen LogP contribution in [-0.4, -0.2) is 12.5 Å². The molecule has 94 valence electrons. The molecule has 0 atom stereocenters. The largest absolute Gasteiger partial charge is 0.366 e. The molecule has 1 aromatic carbocycles. The molecule has 3 nitrogen and oxygen atoms in total. The topological polar surface area (TPSA) is 55.1 Å². The van der Waals surface area contributed by atoms with Gasteiger partial charge in [0.05, 0.1) is 0 Å². The molecule has 0 aliphatic carbocycles. The van der Waals surface area contributed by atoms with Crippen LogP contribution in [0, 0.1) is 5.41 Å². The van der Waals surface area contributed by atoms with Gasteiger partial charge in [0, 0.05) is 12.1 Å². The lowest BCUT2D eigenvalue weighted by Gasteiger charge is -2.18. The molecule has 3 N–H and O–H groups in total. The van der Waals surface area contributed by atoms with E-state index in [1.54, 1.807) is 6.07 Å². The van der Waals surface area contributed by atoms with Crippen LogP contribution in [0.2, 0.25) is 0 Å². The van der Waals surface area contributed by atoms with Crippen LogP contribution in [0.15, 0.2) is 24.3 Å². The number of amides is 1. The Morgan fingerprint density at radius 1 is 1.29 bits per heavy atom. The van der Waals surface area contributed by atoms with E-state index in [-0.39, 0.29) is 5.91 Å². The van der Waals surface area contributed by atoms with Crippen LogP contribution in [0.3, 0.4) is 0 Å². The van der Waals surface area contributed by atoms with Crippen molar-refractivity contribution >= 4 is 5.91 Å². The zero-order valence-electron chi connectivity index (χ0n) is 10.9. The fourth-order valence-corrected chi connectivity index (χ4v) is 1.60. The smallest absolute Gasteiger partial charge is 0.249 e. The second-order valence-corrected chi connectivity index (χ2v) is 5.51. The highest BCUT2D eigenvalue weighted by atomic mass is 16.1. The van der Waals surface area contributed by atoms with E-state index in [2.05, 4.69) is 26.1 Å². The summed E-state index contributed by atoms with van der Waals surface area (Å²) in [4.78, 5) is 11.2. The number of benzene rings is 1. The van der Waals surface area contributed by atoms with E-state index >= 15 is 0 Å². The summed E-state index contributed by atoms with van der Waals surface area (Å²) in [5.41, 5.74) is 7.22. The van der Waals surface area contributed by atoms with Gasteiger partial charge in [0.25, 0.3) is 0 Å². The van der Waals surface area contributed by atoms with Crippen LogP contribution in [0.4, 0.5) is 0 Å². The van der Waals surface area contributed by atoms with Gasteiger partial charge in [0.1, 0.15) is 0 Å². The molecule has 0 bridgehead atoms. The monoisotopic (exact) mass is 234 g/mol. The third-order valence-electron chi connectivity index (χ3n) is 2.65. The van der Waals surface area contributed by atoms with Gasteiger partial charge in [-0.05, 0) is 30.0 Å². The Labute approximate surface area is 103 Å². The molecule has 0 radical (unpaired) electrons. The molecule has 0 unspecified atom stereocenters. The summed E-state index contributed by atoms with van der Waals surface area (Å²) >= 11 is 0. The maximum Gasteiger partial charge on any atom is 0.249 e. The van der Waals surface area contributed by atoms with E-state index < -0.39 is 0 Å². The average molecular weight is 234 g/mol. The minimum Gasteiger partial charge on any atom is -0.366 e. The predicted octanol–water partition coefficient (Wildman–Crippen LogP) is 2.31. The highest BCUT2D eigenvalue weighted by Gasteiger charge is 2.10. The van der Waals surface area contributed by atoms with E-state index in [1.807, 2.05) is 18.2 Å². The standard InChI is InChI=1S/C14H22N2O/c1-14(2,3)8-9-16-10-11-6-4-5-7-12(11)13(15)17/h4-7,16H,8-10H2,1-3H3,(H2,15,17). The molecule has 1 aromatic rings. The van der Waals surface area contributed by atoms with Gasteiger partial charge in [-0.1, -0.05) is 39.0 Å². The fraction of sp³-hybridized carbons (Fsp3) is 0.500. The van der Waals surface area contributed by atoms with Crippen LogP contribution in [0.25, 0.3) is 0 Å². The van der Waals surface area contributed by atoms with E-state index in [1.165, 1.54) is 0 Å². The van der Waals surface area contributed by atoms with Crippen molar-refractivity contribution in [3.05, 3.63) is 35.4 Å². The number of rotatable bonds is 5. The van der Waals surface area contributed by atoms with Crippen molar-refractivity contribution in [2.24, 2.45) is 11.1 Å². The van der Waals surface area contributed by atoms with Crippen molar-refractivity contribution in [3.8, 4) is 0 Å². The second kappa shape index (κ2) is 5.82. The molecule has 0 aromatic heterocycles. The summed E-state index contributed by atoms with van der Waals surface area (Å²) in [5, 5.41) is 3.35. The first-order valence-electron chi connectivity index (χ1n) is 5.98. The van der Waals surface area contributed by atoms with Crippen molar-refractivity contribution in [1.82, 2.24) is 5.32 Å². The van der Waals surface area contributed by atoms with Crippen molar-refractivity contribution in [2.45, 2.75) is 33.7 Å². The third kappa shape index (κ3) is 5.00. The molecule has 17 heavy (non-hydrogen) atoms. The van der Waals surface area contributed by atoms with E-state index in [9.17, 15) is 4.79 Å². The molecule has 0 saturated heterocycles. The Balaban J connectivity index is 2.49. The average Bonchev–Trinajstić information content (AvgIpc) is 2.23. The van der Waals surface area contributed by atoms with Crippen LogP contribution in [0.5, 0.6) is 0 Å². The van der Waals surface area contributed by atoms with Gasteiger partial charge in [-0.25, -0.2) is 0 Å². The first-order chi connectivity index (χ1) is 7.90. The summed E-state index contributed by atoms with van der Waals surface area (Å²) in [7, 11) is 0. The molecule has 3 heteroatoms. The van der Waals surface area contributed by atoms with Gasteiger partial charge in [-0.2, -0.15) is 0 Å². The molecular weight excluding hydrogens is 212 g/mol. The highest BCUT2D eigenvalue weighted by molar-refractivity contribution is 5.94. The molecule has 0 aliphatic heterocycles. The first kappa shape index (κ1) is 13.7. The van der Waals surface area contributed by atoms with Gasteiger partial charge >= 0.3 is 0 Å². The molecule has 1 rings (SSSR count). The molecule has 0 heterocycles. The summed E-state index contributed by atoms with van der Waals surface area (Å²) in [6.45, 7) is 8.27. The lowest BCUT2D eigenvalue weighted by molar-refractivity contribution is 0.0999. The first-order valence-corrected chi connectivity index (χ1v) is 5.98. The molecule has 0 aliphatic rings. The zero-order valence-corrected chi connectivity index (χ0v) is 10.9. The van der Waals surface area contributed by atoms with Crippen molar-refractivity contribution < 1.29 is 4.79 Å². The minimum absolute atomic E-state index is 0.330. The minimum atomic E-state index is -0.363. The van der Waals surface area contributed by atoms with Gasteiger partial charge in [0.2, 0.25) is 5.91 Å². The van der Waals surface area contributed by atoms with Crippen molar-refractivity contribution in [3.63, 3.8) is 0 Å². The maximum absolute atomic E-state index is 11.2. The molecule has 0 spiro atoms. The van der Waals surface area contributed by atoms with E-state index in [0.717, 1.165) is 18.5 Å². The van der Waals surface area contributed by atoms with E-state index in [4.69, 9.17) is 5.73 Å². The lowest BCUT2D eigenvalue weighted by Crippen LogP contribution is -2.22. The Morgan fingerprint density at radius 3 is 2.53 bits per heavy atom. The van der Waals surface area contributed by atoms with Crippen molar-refractivity contribution in [1.29, 1.82) is 0 Å². The van der Waals surface area contributed by atoms with Gasteiger partial charge in [0.15, 0.2) is 0 Å². The third-order valence-corrected chi connectivity index (χ3v) is 2.65. The fourth-order valence-electron chi connectivity index (χ4n) is 1.60. The van der Waals surface area contributed by atoms with Gasteiger partial charge in [-0.15, -0.1) is 0 Å². The summed E-state index contributed by atoms with van der Waals surface area (Å²) in [6, 6.07) is 7.46. The summed E-state index contributed by atoms with van der Waals surface area (Å²) < 4.78 is 0. The van der Waals surface area contributed by atoms with E-state index in [0.29, 0.717) is 17.5 Å².